The Bertz CT molecular complexity index is 132. The van der Waals surface area contributed by atoms with E-state index in [1.54, 1.807) is 0 Å². The van der Waals surface area contributed by atoms with Crippen LogP contribution < -0.4 is 0 Å². The first-order chi connectivity index (χ1) is 5.07. The van der Waals surface area contributed by atoms with Gasteiger partial charge in [-0.1, -0.05) is 13.1 Å². The Morgan fingerprint density at radius 1 is 1.17 bits per heavy atom. The van der Waals surface area contributed by atoms with Gasteiger partial charge in [-0.3, -0.25) is 0 Å². The van der Waals surface area contributed by atoms with Gasteiger partial charge in [0.05, 0.1) is 0 Å². The summed E-state index contributed by atoms with van der Waals surface area (Å²) in [4.78, 5) is 0. The van der Waals surface area contributed by atoms with Gasteiger partial charge in [0.1, 0.15) is 8.96 Å². The van der Waals surface area contributed by atoms with E-state index in [4.69, 9.17) is 11.1 Å². The van der Waals surface area contributed by atoms with Crippen LogP contribution in [0.1, 0.15) is 20.8 Å². The van der Waals surface area contributed by atoms with Crippen molar-refractivity contribution in [3.8, 4) is 0 Å². The number of hydrogen-bond acceptors (Lipinski definition) is 1. The standard InChI is InChI=1S/C8H21ClNSi2/c1-8(2,3)10(11(4)5)12(6,7)9/h1-7H3. The highest BCUT2D eigenvalue weighted by Crippen LogP contribution is 2.26. The van der Waals surface area contributed by atoms with E-state index in [9.17, 15) is 0 Å². The van der Waals surface area contributed by atoms with Crippen LogP contribution in [0.15, 0.2) is 0 Å². The molecule has 0 bridgehead atoms. The van der Waals surface area contributed by atoms with Crippen molar-refractivity contribution in [3.05, 3.63) is 0 Å². The fourth-order valence-corrected chi connectivity index (χ4v) is 11.5. The maximum absolute atomic E-state index is 6.47. The SMILES string of the molecule is C[Si](C)N(C(C)(C)C)[Si](C)(C)Cl. The molecule has 0 aliphatic rings. The second-order valence-corrected chi connectivity index (χ2v) is 13.7. The second kappa shape index (κ2) is 3.82. The molecule has 0 aromatic rings. The van der Waals surface area contributed by atoms with Crippen LogP contribution in [-0.4, -0.2) is 26.3 Å². The van der Waals surface area contributed by atoms with E-state index in [1.165, 1.54) is 0 Å². The van der Waals surface area contributed by atoms with E-state index in [1.807, 2.05) is 0 Å². The minimum absolute atomic E-state index is 0.231. The van der Waals surface area contributed by atoms with Gasteiger partial charge in [0.15, 0.2) is 0 Å². The monoisotopic (exact) mass is 222 g/mol. The fraction of sp³-hybridized carbons (Fsp3) is 1.00. The van der Waals surface area contributed by atoms with Gasteiger partial charge in [-0.25, -0.2) is 0 Å². The third kappa shape index (κ3) is 3.60. The fourth-order valence-electron chi connectivity index (χ4n) is 2.00. The molecule has 0 saturated carbocycles. The van der Waals surface area contributed by atoms with Crippen LogP contribution in [0.25, 0.3) is 0 Å². The molecule has 0 aromatic heterocycles. The molecule has 0 spiro atoms. The molecule has 0 amide bonds. The van der Waals surface area contributed by atoms with Crippen molar-refractivity contribution in [1.29, 1.82) is 0 Å². The van der Waals surface area contributed by atoms with Crippen LogP contribution in [0, 0.1) is 0 Å². The van der Waals surface area contributed by atoms with Gasteiger partial charge < -0.3 is 4.23 Å². The van der Waals surface area contributed by atoms with Gasteiger partial charge >= 0.3 is 0 Å². The third-order valence-electron chi connectivity index (χ3n) is 1.65. The lowest BCUT2D eigenvalue weighted by molar-refractivity contribution is 0.361. The summed E-state index contributed by atoms with van der Waals surface area (Å²) in [6, 6.07) is 0. The summed E-state index contributed by atoms with van der Waals surface area (Å²) in [6.07, 6.45) is 0. The maximum Gasteiger partial charge on any atom is 0.216 e. The highest BCUT2D eigenvalue weighted by molar-refractivity contribution is 7.19. The van der Waals surface area contributed by atoms with Crippen molar-refractivity contribution in [2.24, 2.45) is 0 Å². The zero-order chi connectivity index (χ0) is 10.2. The molecule has 0 unspecified atom stereocenters. The van der Waals surface area contributed by atoms with E-state index in [-0.39, 0.29) is 5.54 Å². The second-order valence-electron chi connectivity index (χ2n) is 4.86. The summed E-state index contributed by atoms with van der Waals surface area (Å²) in [5.41, 5.74) is 0.231. The lowest BCUT2D eigenvalue weighted by atomic mass is 10.1. The van der Waals surface area contributed by atoms with Crippen LogP contribution in [-0.2, 0) is 0 Å². The van der Waals surface area contributed by atoms with Crippen molar-refractivity contribution < 1.29 is 0 Å². The smallest absolute Gasteiger partial charge is 0.216 e. The molecule has 0 N–H and O–H groups in total. The minimum atomic E-state index is -1.63. The van der Waals surface area contributed by atoms with E-state index >= 15 is 0 Å². The van der Waals surface area contributed by atoms with E-state index in [0.29, 0.717) is 0 Å². The number of nitrogens with zero attached hydrogens (tertiary/aromatic N) is 1. The highest BCUT2D eigenvalue weighted by atomic mass is 35.6. The molecule has 0 aliphatic heterocycles. The molecule has 1 nitrogen and oxygen atoms in total. The number of halogens is 1. The molecule has 0 rings (SSSR count). The molecule has 0 atom stereocenters. The van der Waals surface area contributed by atoms with Gasteiger partial charge in [-0.2, -0.15) is 0 Å². The van der Waals surface area contributed by atoms with Crippen LogP contribution in [0.4, 0.5) is 0 Å². The van der Waals surface area contributed by atoms with Gasteiger partial charge in [0, 0.05) is 5.54 Å². The Kier molecular flexibility index (Phi) is 4.04. The van der Waals surface area contributed by atoms with Crippen molar-refractivity contribution in [1.82, 2.24) is 4.23 Å². The molecule has 0 saturated heterocycles. The maximum atomic E-state index is 6.47. The molecule has 4 heteroatoms. The molecule has 0 fully saturated rings. The van der Waals surface area contributed by atoms with Crippen molar-refractivity contribution in [2.75, 3.05) is 0 Å². The lowest BCUT2D eigenvalue weighted by Gasteiger charge is -2.45. The molecular formula is C8H21ClNSi2. The summed E-state index contributed by atoms with van der Waals surface area (Å²) in [7, 11) is -2.06. The first kappa shape index (κ1) is 12.7. The van der Waals surface area contributed by atoms with Crippen LogP contribution in [0.3, 0.4) is 0 Å². The average Bonchev–Trinajstić information content (AvgIpc) is 1.49. The van der Waals surface area contributed by atoms with E-state index < -0.39 is 16.5 Å². The lowest BCUT2D eigenvalue weighted by Crippen LogP contribution is -2.59. The molecule has 0 aromatic carbocycles. The summed E-state index contributed by atoms with van der Waals surface area (Å²) in [5.74, 6) is 0. The van der Waals surface area contributed by atoms with E-state index in [0.717, 1.165) is 0 Å². The quantitative estimate of drug-likeness (QED) is 0.512. The van der Waals surface area contributed by atoms with E-state index in [2.05, 4.69) is 51.2 Å². The Labute approximate surface area is 84.6 Å². The Balaban J connectivity index is 4.70. The van der Waals surface area contributed by atoms with Crippen LogP contribution >= 0.6 is 11.1 Å². The van der Waals surface area contributed by atoms with Gasteiger partial charge in [0.25, 0.3) is 0 Å². The van der Waals surface area contributed by atoms with Crippen molar-refractivity contribution in [2.45, 2.75) is 52.5 Å². The van der Waals surface area contributed by atoms with Gasteiger partial charge in [-0.05, 0) is 33.9 Å². The zero-order valence-corrected chi connectivity index (χ0v) is 12.1. The molecule has 0 heterocycles. The van der Waals surface area contributed by atoms with Crippen molar-refractivity contribution in [3.63, 3.8) is 0 Å². The molecule has 12 heavy (non-hydrogen) atoms. The first-order valence-corrected chi connectivity index (χ1v) is 10.8. The molecular weight excluding hydrogens is 202 g/mol. The van der Waals surface area contributed by atoms with Crippen LogP contribution in [0.5, 0.6) is 0 Å². The first-order valence-electron chi connectivity index (χ1n) is 4.36. The minimum Gasteiger partial charge on any atom is -0.330 e. The molecule has 1 radical (unpaired) electrons. The normalized spacial score (nSPS) is 14.5. The summed E-state index contributed by atoms with van der Waals surface area (Å²) < 4.78 is 2.55. The highest BCUT2D eigenvalue weighted by Gasteiger charge is 2.37. The Morgan fingerprint density at radius 2 is 1.50 bits per heavy atom. The summed E-state index contributed by atoms with van der Waals surface area (Å²) in [6.45, 7) is 15.8. The predicted octanol–water partition coefficient (Wildman–Crippen LogP) is 3.28. The topological polar surface area (TPSA) is 3.24 Å². The largest absolute Gasteiger partial charge is 0.330 e. The van der Waals surface area contributed by atoms with Crippen molar-refractivity contribution >= 4 is 27.6 Å². The number of hydrogen-bond donors (Lipinski definition) is 0. The molecule has 73 valence electrons. The van der Waals surface area contributed by atoms with Crippen LogP contribution in [0.2, 0.25) is 26.2 Å². The molecule has 0 aliphatic carbocycles. The predicted molar refractivity (Wildman–Crippen MR) is 62.4 cm³/mol. The Hall–Kier alpha value is 0.684. The summed E-state index contributed by atoms with van der Waals surface area (Å²) in [5, 5.41) is 0. The average molecular weight is 223 g/mol. The van der Waals surface area contributed by atoms with Gasteiger partial charge in [0.2, 0.25) is 7.55 Å². The Morgan fingerprint density at radius 3 is 1.50 bits per heavy atom. The van der Waals surface area contributed by atoms with Gasteiger partial charge in [-0.15, -0.1) is 11.1 Å². The third-order valence-corrected chi connectivity index (χ3v) is 8.90. The summed E-state index contributed by atoms with van der Waals surface area (Å²) >= 11 is 6.47. The zero-order valence-electron chi connectivity index (χ0n) is 9.33. The number of rotatable bonds is 2.